The van der Waals surface area contributed by atoms with Gasteiger partial charge >= 0.3 is 0 Å². The lowest BCUT2D eigenvalue weighted by atomic mass is 10.2. The molecule has 0 N–H and O–H groups in total. The Labute approximate surface area is 114 Å². The van der Waals surface area contributed by atoms with Gasteiger partial charge in [-0.15, -0.1) is 0 Å². The van der Waals surface area contributed by atoms with Crippen molar-refractivity contribution in [3.05, 3.63) is 63.7 Å². The molecule has 0 unspecified atom stereocenters. The summed E-state index contributed by atoms with van der Waals surface area (Å²) < 4.78 is 5.48. The number of hydrogen-bond acceptors (Lipinski definition) is 5. The number of non-ortho nitro benzene ring substituents is 1. The van der Waals surface area contributed by atoms with Crippen molar-refractivity contribution in [3.63, 3.8) is 0 Å². The fourth-order valence-corrected chi connectivity index (χ4v) is 1.56. The number of nitriles is 2. The Morgan fingerprint density at radius 2 is 1.90 bits per heavy atom. The van der Waals surface area contributed by atoms with Crippen LogP contribution in [0.3, 0.4) is 0 Å². The zero-order valence-electron chi connectivity index (χ0n) is 10.1. The first-order valence-corrected chi connectivity index (χ1v) is 5.50. The van der Waals surface area contributed by atoms with Crippen LogP contribution in [0, 0.1) is 32.8 Å². The molecular formula is C14H7N3O3. The Balaban J connectivity index is 2.36. The molecule has 0 bridgehead atoms. The Bertz CT molecular complexity index is 757. The van der Waals surface area contributed by atoms with Gasteiger partial charge in [0.1, 0.15) is 23.1 Å². The van der Waals surface area contributed by atoms with Gasteiger partial charge in [-0.2, -0.15) is 10.5 Å². The summed E-state index contributed by atoms with van der Waals surface area (Å²) in [6.07, 6.45) is 0. The zero-order valence-corrected chi connectivity index (χ0v) is 10.1. The zero-order chi connectivity index (χ0) is 14.5. The van der Waals surface area contributed by atoms with E-state index in [9.17, 15) is 10.1 Å². The number of nitro groups is 1. The highest BCUT2D eigenvalue weighted by atomic mass is 16.6. The minimum atomic E-state index is -0.582. The van der Waals surface area contributed by atoms with Gasteiger partial charge in [0.25, 0.3) is 5.69 Å². The molecule has 96 valence electrons. The molecule has 2 aromatic rings. The Hall–Kier alpha value is -3.38. The van der Waals surface area contributed by atoms with Gasteiger partial charge in [-0.25, -0.2) is 0 Å². The molecule has 0 atom stereocenters. The number of ether oxygens (including phenoxy) is 1. The van der Waals surface area contributed by atoms with Crippen LogP contribution in [-0.2, 0) is 0 Å². The monoisotopic (exact) mass is 265 g/mol. The van der Waals surface area contributed by atoms with Crippen LogP contribution in [0.25, 0.3) is 0 Å². The van der Waals surface area contributed by atoms with E-state index in [0.29, 0.717) is 11.3 Å². The third-order valence-electron chi connectivity index (χ3n) is 2.49. The summed E-state index contributed by atoms with van der Waals surface area (Å²) in [5.74, 6) is 0.586. The fraction of sp³-hybridized carbons (Fsp3) is 0. The summed E-state index contributed by atoms with van der Waals surface area (Å²) in [6, 6.07) is 14.0. The maximum absolute atomic E-state index is 10.6. The Morgan fingerprint density at radius 3 is 2.55 bits per heavy atom. The summed E-state index contributed by atoms with van der Waals surface area (Å²) in [4.78, 5) is 10.1. The van der Waals surface area contributed by atoms with Crippen molar-refractivity contribution in [2.45, 2.75) is 0 Å². The number of benzene rings is 2. The number of rotatable bonds is 3. The van der Waals surface area contributed by atoms with E-state index < -0.39 is 4.92 Å². The van der Waals surface area contributed by atoms with Crippen molar-refractivity contribution < 1.29 is 9.66 Å². The lowest BCUT2D eigenvalue weighted by molar-refractivity contribution is -0.384. The van der Waals surface area contributed by atoms with Crippen LogP contribution in [0.4, 0.5) is 5.69 Å². The first kappa shape index (κ1) is 13.1. The second-order valence-electron chi connectivity index (χ2n) is 3.79. The third-order valence-corrected chi connectivity index (χ3v) is 2.49. The van der Waals surface area contributed by atoms with Crippen LogP contribution in [-0.4, -0.2) is 4.92 Å². The van der Waals surface area contributed by atoms with Crippen molar-refractivity contribution in [2.75, 3.05) is 0 Å². The average Bonchev–Trinajstić information content (AvgIpc) is 2.47. The standard InChI is InChI=1S/C14H7N3O3/c15-8-10-2-1-3-13(6-10)20-14-5-4-12(17(18)19)7-11(14)9-16/h1-7H. The SMILES string of the molecule is N#Cc1cccc(Oc2ccc([N+](=O)[O-])cc2C#N)c1. The molecule has 2 rings (SSSR count). The number of nitro benzene ring substituents is 1. The molecule has 0 amide bonds. The number of hydrogen-bond donors (Lipinski definition) is 0. The molecule has 20 heavy (non-hydrogen) atoms. The summed E-state index contributed by atoms with van der Waals surface area (Å²) in [6.45, 7) is 0. The van der Waals surface area contributed by atoms with Crippen LogP contribution in [0.1, 0.15) is 11.1 Å². The smallest absolute Gasteiger partial charge is 0.271 e. The van der Waals surface area contributed by atoms with Crippen LogP contribution >= 0.6 is 0 Å². The average molecular weight is 265 g/mol. The third kappa shape index (κ3) is 2.71. The summed E-state index contributed by atoms with van der Waals surface area (Å²) in [5.41, 5.74) is 0.296. The molecule has 0 radical (unpaired) electrons. The molecular weight excluding hydrogens is 258 g/mol. The molecule has 0 fully saturated rings. The second kappa shape index (κ2) is 5.51. The largest absolute Gasteiger partial charge is 0.456 e. The molecule has 0 heterocycles. The normalized spacial score (nSPS) is 9.30. The van der Waals surface area contributed by atoms with E-state index in [2.05, 4.69) is 0 Å². The van der Waals surface area contributed by atoms with Crippen LogP contribution < -0.4 is 4.74 Å². The predicted octanol–water partition coefficient (Wildman–Crippen LogP) is 3.13. The van der Waals surface area contributed by atoms with Crippen molar-refractivity contribution in [1.29, 1.82) is 10.5 Å². The molecule has 0 aliphatic carbocycles. The van der Waals surface area contributed by atoms with Crippen molar-refractivity contribution in [2.24, 2.45) is 0 Å². The predicted molar refractivity (Wildman–Crippen MR) is 69.0 cm³/mol. The van der Waals surface area contributed by atoms with Crippen molar-refractivity contribution in [3.8, 4) is 23.6 Å². The van der Waals surface area contributed by atoms with Gasteiger partial charge in [-0.1, -0.05) is 6.07 Å². The minimum Gasteiger partial charge on any atom is -0.456 e. The van der Waals surface area contributed by atoms with Crippen molar-refractivity contribution >= 4 is 5.69 Å². The van der Waals surface area contributed by atoms with E-state index in [1.807, 2.05) is 12.1 Å². The topological polar surface area (TPSA) is 99.9 Å². The second-order valence-corrected chi connectivity index (χ2v) is 3.79. The van der Waals surface area contributed by atoms with Gasteiger partial charge in [0.15, 0.2) is 0 Å². The first-order valence-electron chi connectivity index (χ1n) is 5.50. The molecule has 0 spiro atoms. The van der Waals surface area contributed by atoms with E-state index >= 15 is 0 Å². The number of nitrogens with zero attached hydrogens (tertiary/aromatic N) is 3. The highest BCUT2D eigenvalue weighted by Crippen LogP contribution is 2.28. The van der Waals surface area contributed by atoms with E-state index in [-0.39, 0.29) is 17.0 Å². The first-order chi connectivity index (χ1) is 9.63. The highest BCUT2D eigenvalue weighted by molar-refractivity contribution is 5.52. The molecule has 0 aromatic heterocycles. The van der Waals surface area contributed by atoms with E-state index in [4.69, 9.17) is 15.3 Å². The summed E-state index contributed by atoms with van der Waals surface area (Å²) >= 11 is 0. The molecule has 0 aliphatic rings. The molecule has 2 aromatic carbocycles. The molecule has 6 heteroatoms. The van der Waals surface area contributed by atoms with Crippen LogP contribution in [0.15, 0.2) is 42.5 Å². The van der Waals surface area contributed by atoms with E-state index in [1.54, 1.807) is 18.2 Å². The molecule has 6 nitrogen and oxygen atoms in total. The highest BCUT2D eigenvalue weighted by Gasteiger charge is 2.12. The van der Waals surface area contributed by atoms with Gasteiger partial charge in [-0.05, 0) is 24.3 Å². The lowest BCUT2D eigenvalue weighted by Crippen LogP contribution is -1.92. The Kier molecular flexibility index (Phi) is 3.60. The van der Waals surface area contributed by atoms with Gasteiger partial charge < -0.3 is 4.74 Å². The lowest BCUT2D eigenvalue weighted by Gasteiger charge is -2.07. The van der Waals surface area contributed by atoms with Gasteiger partial charge in [0.2, 0.25) is 0 Å². The fourth-order valence-electron chi connectivity index (χ4n) is 1.56. The summed E-state index contributed by atoms with van der Waals surface area (Å²) in [5, 5.41) is 28.4. The molecule has 0 aliphatic heterocycles. The maximum Gasteiger partial charge on any atom is 0.271 e. The quantitative estimate of drug-likeness (QED) is 0.626. The van der Waals surface area contributed by atoms with Gasteiger partial charge in [0, 0.05) is 12.1 Å². The van der Waals surface area contributed by atoms with E-state index in [0.717, 1.165) is 6.07 Å². The van der Waals surface area contributed by atoms with Gasteiger partial charge in [-0.3, -0.25) is 10.1 Å². The minimum absolute atomic E-state index is 0.0570. The molecule has 0 saturated carbocycles. The van der Waals surface area contributed by atoms with E-state index in [1.165, 1.54) is 18.2 Å². The van der Waals surface area contributed by atoms with Crippen molar-refractivity contribution in [1.82, 2.24) is 0 Å². The molecule has 0 saturated heterocycles. The summed E-state index contributed by atoms with van der Waals surface area (Å²) in [7, 11) is 0. The van der Waals surface area contributed by atoms with Gasteiger partial charge in [0.05, 0.1) is 16.6 Å². The van der Waals surface area contributed by atoms with Crippen LogP contribution in [0.2, 0.25) is 0 Å². The maximum atomic E-state index is 10.6. The Morgan fingerprint density at radius 1 is 1.10 bits per heavy atom. The van der Waals surface area contributed by atoms with Crippen LogP contribution in [0.5, 0.6) is 11.5 Å².